The van der Waals surface area contributed by atoms with E-state index in [0.29, 0.717) is 11.1 Å². The summed E-state index contributed by atoms with van der Waals surface area (Å²) < 4.78 is 5.33. The topological polar surface area (TPSA) is 47.0 Å². The molecule has 1 aromatic heterocycles. The molecule has 102 valence electrons. The molecule has 1 heterocycles. The van der Waals surface area contributed by atoms with Crippen molar-refractivity contribution in [3.63, 3.8) is 0 Å². The Hall–Kier alpha value is -1.17. The van der Waals surface area contributed by atoms with Crippen LogP contribution < -0.4 is 10.1 Å². The lowest BCUT2D eigenvalue weighted by Gasteiger charge is -2.05. The van der Waals surface area contributed by atoms with Gasteiger partial charge in [0.05, 0.1) is 12.7 Å². The quantitative estimate of drug-likeness (QED) is 0.919. The van der Waals surface area contributed by atoms with Gasteiger partial charge in [0.2, 0.25) is 0 Å². The molecule has 2 rings (SSSR count). The maximum Gasteiger partial charge on any atom is 0.151 e. The van der Waals surface area contributed by atoms with Crippen LogP contribution >= 0.6 is 22.9 Å². The van der Waals surface area contributed by atoms with E-state index in [1.807, 2.05) is 12.1 Å². The molecule has 0 aliphatic carbocycles. The number of hydrogen-bond acceptors (Lipinski definition) is 5. The van der Waals surface area contributed by atoms with E-state index in [1.165, 1.54) is 0 Å². The van der Waals surface area contributed by atoms with Gasteiger partial charge in [0.1, 0.15) is 10.8 Å². The Morgan fingerprint density at radius 1 is 1.37 bits per heavy atom. The molecule has 1 N–H and O–H groups in total. The Labute approximate surface area is 121 Å². The largest absolute Gasteiger partial charge is 0.496 e. The number of benzene rings is 1. The van der Waals surface area contributed by atoms with Gasteiger partial charge in [-0.05, 0) is 18.2 Å². The summed E-state index contributed by atoms with van der Waals surface area (Å²) >= 11 is 7.56. The highest BCUT2D eigenvalue weighted by molar-refractivity contribution is 7.14. The number of methoxy groups -OCH3 is 1. The predicted molar refractivity (Wildman–Crippen MR) is 78.9 cm³/mol. The Morgan fingerprint density at radius 2 is 2.16 bits per heavy atom. The third kappa shape index (κ3) is 3.65. The zero-order chi connectivity index (χ0) is 13.8. The van der Waals surface area contributed by atoms with Crippen molar-refractivity contribution in [1.82, 2.24) is 15.5 Å². The summed E-state index contributed by atoms with van der Waals surface area (Å²) in [6, 6.07) is 5.91. The number of halogens is 1. The minimum absolute atomic E-state index is 0.424. The zero-order valence-corrected chi connectivity index (χ0v) is 12.7. The molecule has 2 aromatic rings. The smallest absolute Gasteiger partial charge is 0.151 e. The maximum absolute atomic E-state index is 6.02. The van der Waals surface area contributed by atoms with E-state index in [0.717, 1.165) is 27.9 Å². The van der Waals surface area contributed by atoms with Gasteiger partial charge in [-0.3, -0.25) is 0 Å². The van der Waals surface area contributed by atoms with Crippen LogP contribution in [0.4, 0.5) is 0 Å². The standard InChI is InChI=1S/C13H16ClN3OS/c1-8(2)15-7-12-16-17-13(19-12)10-6-9(14)4-5-11(10)18-3/h4-6,8,15H,7H2,1-3H3. The number of aromatic nitrogens is 2. The Morgan fingerprint density at radius 3 is 2.84 bits per heavy atom. The molecular formula is C13H16ClN3OS. The highest BCUT2D eigenvalue weighted by atomic mass is 35.5. The summed E-state index contributed by atoms with van der Waals surface area (Å²) in [5, 5.41) is 14.1. The number of hydrogen-bond donors (Lipinski definition) is 1. The summed E-state index contributed by atoms with van der Waals surface area (Å²) in [5.74, 6) is 0.754. The van der Waals surface area contributed by atoms with Gasteiger partial charge >= 0.3 is 0 Å². The minimum Gasteiger partial charge on any atom is -0.496 e. The van der Waals surface area contributed by atoms with Crippen molar-refractivity contribution in [2.45, 2.75) is 26.4 Å². The summed E-state index contributed by atoms with van der Waals surface area (Å²) in [5.41, 5.74) is 0.878. The maximum atomic E-state index is 6.02. The predicted octanol–water partition coefficient (Wildman–Crippen LogP) is 3.37. The second-order valence-electron chi connectivity index (χ2n) is 4.38. The van der Waals surface area contributed by atoms with Crippen molar-refractivity contribution in [1.29, 1.82) is 0 Å². The number of rotatable bonds is 5. The van der Waals surface area contributed by atoms with Crippen molar-refractivity contribution in [2.24, 2.45) is 0 Å². The molecular weight excluding hydrogens is 282 g/mol. The Kier molecular flexibility index (Phi) is 4.74. The van der Waals surface area contributed by atoms with Crippen LogP contribution in [-0.2, 0) is 6.54 Å². The van der Waals surface area contributed by atoms with Crippen molar-refractivity contribution >= 4 is 22.9 Å². The van der Waals surface area contributed by atoms with E-state index < -0.39 is 0 Å². The first-order valence-electron chi connectivity index (χ1n) is 6.00. The van der Waals surface area contributed by atoms with Crippen LogP contribution in [-0.4, -0.2) is 23.3 Å². The molecule has 0 aliphatic rings. The van der Waals surface area contributed by atoms with Crippen LogP contribution in [0.2, 0.25) is 5.02 Å². The highest BCUT2D eigenvalue weighted by Crippen LogP contribution is 2.34. The first-order chi connectivity index (χ1) is 9.10. The summed E-state index contributed by atoms with van der Waals surface area (Å²) in [7, 11) is 1.63. The first-order valence-corrected chi connectivity index (χ1v) is 7.19. The fraction of sp³-hybridized carbons (Fsp3) is 0.385. The van der Waals surface area contributed by atoms with E-state index in [1.54, 1.807) is 24.5 Å². The molecule has 0 amide bonds. The van der Waals surface area contributed by atoms with Crippen LogP contribution in [0.1, 0.15) is 18.9 Å². The molecule has 0 saturated carbocycles. The molecule has 0 saturated heterocycles. The average molecular weight is 298 g/mol. The number of nitrogens with one attached hydrogen (secondary N) is 1. The van der Waals surface area contributed by atoms with Crippen LogP contribution in [0.5, 0.6) is 5.75 Å². The van der Waals surface area contributed by atoms with Crippen molar-refractivity contribution in [2.75, 3.05) is 7.11 Å². The third-order valence-corrected chi connectivity index (χ3v) is 3.71. The van der Waals surface area contributed by atoms with Gasteiger partial charge < -0.3 is 10.1 Å². The molecule has 0 bridgehead atoms. The van der Waals surface area contributed by atoms with E-state index in [2.05, 4.69) is 29.4 Å². The van der Waals surface area contributed by atoms with Crippen molar-refractivity contribution in [3.8, 4) is 16.3 Å². The van der Waals surface area contributed by atoms with Gasteiger partial charge in [0, 0.05) is 17.6 Å². The van der Waals surface area contributed by atoms with Crippen LogP contribution in [0, 0.1) is 0 Å². The van der Waals surface area contributed by atoms with Crippen LogP contribution in [0.25, 0.3) is 10.6 Å². The zero-order valence-electron chi connectivity index (χ0n) is 11.1. The van der Waals surface area contributed by atoms with Crippen molar-refractivity contribution < 1.29 is 4.74 Å². The van der Waals surface area contributed by atoms with E-state index >= 15 is 0 Å². The third-order valence-electron chi connectivity index (χ3n) is 2.52. The fourth-order valence-electron chi connectivity index (χ4n) is 1.57. The minimum atomic E-state index is 0.424. The normalized spacial score (nSPS) is 11.0. The van der Waals surface area contributed by atoms with Gasteiger partial charge in [0.25, 0.3) is 0 Å². The van der Waals surface area contributed by atoms with Gasteiger partial charge in [-0.1, -0.05) is 36.8 Å². The van der Waals surface area contributed by atoms with Crippen LogP contribution in [0.15, 0.2) is 18.2 Å². The Balaban J connectivity index is 2.24. The van der Waals surface area contributed by atoms with Gasteiger partial charge in [-0.2, -0.15) is 0 Å². The molecule has 1 aromatic carbocycles. The van der Waals surface area contributed by atoms with E-state index in [9.17, 15) is 0 Å². The SMILES string of the molecule is COc1ccc(Cl)cc1-c1nnc(CNC(C)C)s1. The lowest BCUT2D eigenvalue weighted by molar-refractivity contribution is 0.416. The van der Waals surface area contributed by atoms with Crippen molar-refractivity contribution in [3.05, 3.63) is 28.2 Å². The summed E-state index contributed by atoms with van der Waals surface area (Å²) in [4.78, 5) is 0. The van der Waals surface area contributed by atoms with Gasteiger partial charge in [-0.15, -0.1) is 10.2 Å². The molecule has 0 atom stereocenters. The first kappa shape index (κ1) is 14.2. The highest BCUT2D eigenvalue weighted by Gasteiger charge is 2.12. The van der Waals surface area contributed by atoms with Crippen LogP contribution in [0.3, 0.4) is 0 Å². The molecule has 4 nitrogen and oxygen atoms in total. The number of nitrogens with zero attached hydrogens (tertiary/aromatic N) is 2. The molecule has 0 unspecified atom stereocenters. The van der Waals surface area contributed by atoms with Gasteiger partial charge in [-0.25, -0.2) is 0 Å². The van der Waals surface area contributed by atoms with Gasteiger partial charge in [0.15, 0.2) is 5.01 Å². The summed E-state index contributed by atoms with van der Waals surface area (Å²) in [6.45, 7) is 4.92. The van der Waals surface area contributed by atoms with E-state index in [4.69, 9.17) is 16.3 Å². The molecule has 0 fully saturated rings. The van der Waals surface area contributed by atoms with E-state index in [-0.39, 0.29) is 0 Å². The molecule has 0 spiro atoms. The molecule has 19 heavy (non-hydrogen) atoms. The fourth-order valence-corrected chi connectivity index (χ4v) is 2.56. The lowest BCUT2D eigenvalue weighted by Crippen LogP contribution is -2.21. The molecule has 6 heteroatoms. The molecule has 0 radical (unpaired) electrons. The average Bonchev–Trinajstić information content (AvgIpc) is 2.85. The summed E-state index contributed by atoms with van der Waals surface area (Å²) in [6.07, 6.45) is 0. The Bertz CT molecular complexity index is 557. The monoisotopic (exact) mass is 297 g/mol. The lowest BCUT2D eigenvalue weighted by atomic mass is 10.2. The number of ether oxygens (including phenoxy) is 1. The second kappa shape index (κ2) is 6.32. The second-order valence-corrected chi connectivity index (χ2v) is 5.88. The molecule has 0 aliphatic heterocycles.